The first-order valence-electron chi connectivity index (χ1n) is 6.52. The first-order valence-corrected chi connectivity index (χ1v) is 6.52. The standard InChI is InChI=1S/C15H19N3O2/c1-10-7-13(8-14(16)15(19)20)11(2)18(10)9-12-3-5-17-6-4-12/h3-7,14H,8-9,16H2,1-2H3,(H,19,20). The highest BCUT2D eigenvalue weighted by atomic mass is 16.4. The maximum Gasteiger partial charge on any atom is 0.320 e. The minimum absolute atomic E-state index is 0.353. The minimum atomic E-state index is -0.969. The highest BCUT2D eigenvalue weighted by Gasteiger charge is 2.16. The maximum absolute atomic E-state index is 10.9. The summed E-state index contributed by atoms with van der Waals surface area (Å²) in [5, 5.41) is 8.91. The minimum Gasteiger partial charge on any atom is -0.480 e. The summed E-state index contributed by atoms with van der Waals surface area (Å²) in [6.45, 7) is 4.77. The second-order valence-corrected chi connectivity index (χ2v) is 4.99. The number of nitrogens with two attached hydrogens (primary N) is 1. The van der Waals surface area contributed by atoms with Gasteiger partial charge in [-0.25, -0.2) is 0 Å². The molecule has 2 rings (SSSR count). The van der Waals surface area contributed by atoms with E-state index in [0.717, 1.165) is 29.1 Å². The summed E-state index contributed by atoms with van der Waals surface area (Å²) in [7, 11) is 0. The Labute approximate surface area is 118 Å². The van der Waals surface area contributed by atoms with Crippen molar-refractivity contribution in [2.45, 2.75) is 32.9 Å². The van der Waals surface area contributed by atoms with Crippen LogP contribution < -0.4 is 5.73 Å². The molecule has 2 aromatic rings. The topological polar surface area (TPSA) is 81.1 Å². The lowest BCUT2D eigenvalue weighted by Gasteiger charge is -2.11. The van der Waals surface area contributed by atoms with Crippen molar-refractivity contribution in [3.05, 3.63) is 53.1 Å². The SMILES string of the molecule is Cc1cc(CC(N)C(=O)O)c(C)n1Cc1ccncc1. The van der Waals surface area contributed by atoms with E-state index in [9.17, 15) is 4.79 Å². The molecule has 5 nitrogen and oxygen atoms in total. The lowest BCUT2D eigenvalue weighted by atomic mass is 10.1. The van der Waals surface area contributed by atoms with E-state index in [-0.39, 0.29) is 0 Å². The van der Waals surface area contributed by atoms with E-state index in [4.69, 9.17) is 10.8 Å². The van der Waals surface area contributed by atoms with Crippen LogP contribution in [-0.2, 0) is 17.8 Å². The van der Waals surface area contributed by atoms with E-state index < -0.39 is 12.0 Å². The average Bonchev–Trinajstić information content (AvgIpc) is 2.67. The summed E-state index contributed by atoms with van der Waals surface area (Å²) in [4.78, 5) is 14.9. The zero-order chi connectivity index (χ0) is 14.7. The van der Waals surface area contributed by atoms with Gasteiger partial charge in [0.05, 0.1) is 0 Å². The van der Waals surface area contributed by atoms with Crippen molar-refractivity contribution in [3.8, 4) is 0 Å². The van der Waals surface area contributed by atoms with Crippen molar-refractivity contribution in [1.29, 1.82) is 0 Å². The van der Waals surface area contributed by atoms with E-state index in [2.05, 4.69) is 9.55 Å². The first kappa shape index (κ1) is 14.3. The summed E-state index contributed by atoms with van der Waals surface area (Å²) in [6, 6.07) is 5.10. The molecule has 20 heavy (non-hydrogen) atoms. The monoisotopic (exact) mass is 273 g/mol. The predicted molar refractivity (Wildman–Crippen MR) is 76.6 cm³/mol. The number of nitrogens with zero attached hydrogens (tertiary/aromatic N) is 2. The number of carboxylic acids is 1. The summed E-state index contributed by atoms with van der Waals surface area (Å²) in [6.07, 6.45) is 3.89. The lowest BCUT2D eigenvalue weighted by Crippen LogP contribution is -2.32. The molecule has 0 aliphatic carbocycles. The number of aryl methyl sites for hydroxylation is 1. The molecular weight excluding hydrogens is 254 g/mol. The Kier molecular flexibility index (Phi) is 4.20. The van der Waals surface area contributed by atoms with Gasteiger partial charge in [0.2, 0.25) is 0 Å². The van der Waals surface area contributed by atoms with E-state index in [1.807, 2.05) is 32.0 Å². The van der Waals surface area contributed by atoms with Gasteiger partial charge in [0.25, 0.3) is 0 Å². The van der Waals surface area contributed by atoms with Crippen LogP contribution in [0.15, 0.2) is 30.6 Å². The highest BCUT2D eigenvalue weighted by Crippen LogP contribution is 2.18. The van der Waals surface area contributed by atoms with Crippen LogP contribution in [0.5, 0.6) is 0 Å². The number of aromatic nitrogens is 2. The summed E-state index contributed by atoms with van der Waals surface area (Å²) in [5.41, 5.74) is 9.94. The third-order valence-corrected chi connectivity index (χ3v) is 3.53. The normalized spacial score (nSPS) is 12.3. The number of hydrogen-bond donors (Lipinski definition) is 2. The Morgan fingerprint density at radius 2 is 2.05 bits per heavy atom. The third-order valence-electron chi connectivity index (χ3n) is 3.53. The van der Waals surface area contributed by atoms with Gasteiger partial charge in [-0.3, -0.25) is 9.78 Å². The van der Waals surface area contributed by atoms with Crippen molar-refractivity contribution in [2.75, 3.05) is 0 Å². The zero-order valence-electron chi connectivity index (χ0n) is 11.7. The molecule has 0 amide bonds. The molecule has 0 saturated carbocycles. The molecule has 5 heteroatoms. The Morgan fingerprint density at radius 1 is 1.40 bits per heavy atom. The van der Waals surface area contributed by atoms with Crippen LogP contribution in [0.4, 0.5) is 0 Å². The molecule has 1 unspecified atom stereocenters. The molecule has 0 aliphatic heterocycles. The van der Waals surface area contributed by atoms with Crippen LogP contribution in [0.3, 0.4) is 0 Å². The molecule has 1 atom stereocenters. The maximum atomic E-state index is 10.9. The van der Waals surface area contributed by atoms with Crippen molar-refractivity contribution in [1.82, 2.24) is 9.55 Å². The van der Waals surface area contributed by atoms with E-state index in [1.54, 1.807) is 12.4 Å². The number of hydrogen-bond acceptors (Lipinski definition) is 3. The molecular formula is C15H19N3O2. The molecule has 0 aliphatic rings. The van der Waals surface area contributed by atoms with Crippen LogP contribution >= 0.6 is 0 Å². The zero-order valence-corrected chi connectivity index (χ0v) is 11.7. The second kappa shape index (κ2) is 5.88. The Morgan fingerprint density at radius 3 is 2.65 bits per heavy atom. The van der Waals surface area contributed by atoms with Gasteiger partial charge >= 0.3 is 5.97 Å². The van der Waals surface area contributed by atoms with Crippen molar-refractivity contribution >= 4 is 5.97 Å². The summed E-state index contributed by atoms with van der Waals surface area (Å²) < 4.78 is 2.17. The third kappa shape index (κ3) is 3.05. The van der Waals surface area contributed by atoms with Crippen LogP contribution in [0.2, 0.25) is 0 Å². The van der Waals surface area contributed by atoms with Gasteiger partial charge in [-0.15, -0.1) is 0 Å². The number of carboxylic acid groups (broad SMARTS) is 1. The molecule has 0 radical (unpaired) electrons. The average molecular weight is 273 g/mol. The number of rotatable bonds is 5. The molecule has 0 saturated heterocycles. The highest BCUT2D eigenvalue weighted by molar-refractivity contribution is 5.73. The first-order chi connectivity index (χ1) is 9.49. The molecule has 106 valence electrons. The molecule has 2 aromatic heterocycles. The lowest BCUT2D eigenvalue weighted by molar-refractivity contribution is -0.138. The smallest absolute Gasteiger partial charge is 0.320 e. The van der Waals surface area contributed by atoms with Crippen LogP contribution in [0.1, 0.15) is 22.5 Å². The van der Waals surface area contributed by atoms with Crippen LogP contribution in [-0.4, -0.2) is 26.7 Å². The summed E-state index contributed by atoms with van der Waals surface area (Å²) >= 11 is 0. The molecule has 0 spiro atoms. The van der Waals surface area contributed by atoms with E-state index >= 15 is 0 Å². The van der Waals surface area contributed by atoms with E-state index in [0.29, 0.717) is 6.42 Å². The predicted octanol–water partition coefficient (Wildman–Crippen LogP) is 1.50. The van der Waals surface area contributed by atoms with Gasteiger partial charge < -0.3 is 15.4 Å². The van der Waals surface area contributed by atoms with Gasteiger partial charge in [0.15, 0.2) is 0 Å². The van der Waals surface area contributed by atoms with Crippen molar-refractivity contribution in [3.63, 3.8) is 0 Å². The molecule has 0 aromatic carbocycles. The largest absolute Gasteiger partial charge is 0.480 e. The second-order valence-electron chi connectivity index (χ2n) is 4.99. The van der Waals surface area contributed by atoms with E-state index in [1.165, 1.54) is 0 Å². The van der Waals surface area contributed by atoms with Crippen LogP contribution in [0, 0.1) is 13.8 Å². The Hall–Kier alpha value is -2.14. The Balaban J connectivity index is 2.23. The molecule has 2 heterocycles. The number of pyridine rings is 1. The van der Waals surface area contributed by atoms with Crippen LogP contribution in [0.25, 0.3) is 0 Å². The Bertz CT molecular complexity index is 605. The fraction of sp³-hybridized carbons (Fsp3) is 0.333. The van der Waals surface area contributed by atoms with Gasteiger partial charge in [-0.1, -0.05) is 0 Å². The van der Waals surface area contributed by atoms with Gasteiger partial charge in [0, 0.05) is 30.3 Å². The fourth-order valence-corrected chi connectivity index (χ4v) is 2.32. The molecule has 0 fully saturated rings. The van der Waals surface area contributed by atoms with Gasteiger partial charge in [0.1, 0.15) is 6.04 Å². The summed E-state index contributed by atoms with van der Waals surface area (Å²) in [5.74, 6) is -0.969. The quantitative estimate of drug-likeness (QED) is 0.865. The van der Waals surface area contributed by atoms with Gasteiger partial charge in [-0.2, -0.15) is 0 Å². The molecule has 3 N–H and O–H groups in total. The number of carbonyl (C=O) groups is 1. The number of aliphatic carboxylic acids is 1. The fourth-order valence-electron chi connectivity index (χ4n) is 2.32. The van der Waals surface area contributed by atoms with Crippen molar-refractivity contribution < 1.29 is 9.90 Å². The van der Waals surface area contributed by atoms with Gasteiger partial charge in [-0.05, 0) is 49.6 Å². The molecule has 0 bridgehead atoms. The van der Waals surface area contributed by atoms with Crippen molar-refractivity contribution in [2.24, 2.45) is 5.73 Å².